The molecule has 0 radical (unpaired) electrons. The van der Waals surface area contributed by atoms with Gasteiger partial charge in [-0.2, -0.15) is 0 Å². The minimum atomic E-state index is -0.862. The first kappa shape index (κ1) is 11.4. The number of carbonyl (C=O) groups is 1. The molecule has 0 saturated carbocycles. The zero-order valence-electron chi connectivity index (χ0n) is 9.84. The number of benzene rings is 1. The van der Waals surface area contributed by atoms with Crippen LogP contribution in [0.4, 0.5) is 0 Å². The lowest BCUT2D eigenvalue weighted by Crippen LogP contribution is -1.99. The summed E-state index contributed by atoms with van der Waals surface area (Å²) in [5.41, 5.74) is 2.74. The maximum absolute atomic E-state index is 10.6. The summed E-state index contributed by atoms with van der Waals surface area (Å²) in [6, 6.07) is 7.93. The van der Waals surface area contributed by atoms with Crippen molar-refractivity contribution in [1.82, 2.24) is 9.55 Å². The van der Waals surface area contributed by atoms with Crippen molar-refractivity contribution in [1.29, 1.82) is 0 Å². The van der Waals surface area contributed by atoms with Crippen LogP contribution in [-0.4, -0.2) is 20.6 Å². The van der Waals surface area contributed by atoms with Crippen molar-refractivity contribution in [3.05, 3.63) is 41.7 Å². The molecule has 1 heterocycles. The Labute approximate surface area is 99.5 Å². The van der Waals surface area contributed by atoms with Gasteiger partial charge in [-0.3, -0.25) is 4.79 Å². The van der Waals surface area contributed by atoms with Gasteiger partial charge in [0.05, 0.1) is 12.1 Å². The molecule has 4 heteroatoms. The fourth-order valence-corrected chi connectivity index (χ4v) is 1.84. The van der Waals surface area contributed by atoms with Crippen molar-refractivity contribution >= 4 is 5.97 Å². The van der Waals surface area contributed by atoms with Crippen LogP contribution in [0.3, 0.4) is 0 Å². The third kappa shape index (κ3) is 2.36. The Hall–Kier alpha value is -2.10. The van der Waals surface area contributed by atoms with E-state index in [1.807, 2.05) is 42.8 Å². The van der Waals surface area contributed by atoms with Crippen LogP contribution in [0.25, 0.3) is 11.4 Å². The summed E-state index contributed by atoms with van der Waals surface area (Å²) in [5, 5.41) is 8.74. The molecule has 0 atom stereocenters. The van der Waals surface area contributed by atoms with Gasteiger partial charge >= 0.3 is 5.97 Å². The predicted octanol–water partition coefficient (Wildman–Crippen LogP) is 2.02. The molecule has 17 heavy (non-hydrogen) atoms. The van der Waals surface area contributed by atoms with E-state index >= 15 is 0 Å². The Bertz CT molecular complexity index is 558. The topological polar surface area (TPSA) is 55.1 Å². The van der Waals surface area contributed by atoms with Crippen molar-refractivity contribution in [2.24, 2.45) is 7.05 Å². The minimum Gasteiger partial charge on any atom is -0.481 e. The number of imidazole rings is 1. The first-order valence-corrected chi connectivity index (χ1v) is 5.38. The molecule has 0 aliphatic rings. The van der Waals surface area contributed by atoms with Crippen LogP contribution in [0.1, 0.15) is 11.3 Å². The Morgan fingerprint density at radius 1 is 1.41 bits per heavy atom. The first-order valence-electron chi connectivity index (χ1n) is 5.38. The summed E-state index contributed by atoms with van der Waals surface area (Å²) in [6.07, 6.45) is 1.72. The van der Waals surface area contributed by atoms with Gasteiger partial charge in [0.15, 0.2) is 0 Å². The van der Waals surface area contributed by atoms with Crippen LogP contribution in [0.2, 0.25) is 0 Å². The van der Waals surface area contributed by atoms with Crippen LogP contribution in [0, 0.1) is 6.92 Å². The molecule has 88 valence electrons. The van der Waals surface area contributed by atoms with Gasteiger partial charge in [0.1, 0.15) is 5.82 Å². The van der Waals surface area contributed by atoms with Crippen molar-refractivity contribution in [3.8, 4) is 11.4 Å². The Morgan fingerprint density at radius 2 is 2.12 bits per heavy atom. The predicted molar refractivity (Wildman–Crippen MR) is 64.7 cm³/mol. The second-order valence-corrected chi connectivity index (χ2v) is 4.05. The van der Waals surface area contributed by atoms with Gasteiger partial charge in [-0.15, -0.1) is 0 Å². The SMILES string of the molecule is Cc1ccccc1-c1nc(CC(=O)O)cn1C. The molecule has 0 aliphatic heterocycles. The van der Waals surface area contributed by atoms with Crippen molar-refractivity contribution in [3.63, 3.8) is 0 Å². The third-order valence-electron chi connectivity index (χ3n) is 2.64. The fraction of sp³-hybridized carbons (Fsp3) is 0.231. The molecule has 1 N–H and O–H groups in total. The molecule has 0 saturated heterocycles. The fourth-order valence-electron chi connectivity index (χ4n) is 1.84. The van der Waals surface area contributed by atoms with E-state index in [-0.39, 0.29) is 6.42 Å². The molecule has 2 rings (SSSR count). The summed E-state index contributed by atoms with van der Waals surface area (Å²) in [6.45, 7) is 2.01. The number of aliphatic carboxylic acids is 1. The van der Waals surface area contributed by atoms with Gasteiger partial charge in [-0.05, 0) is 12.5 Å². The standard InChI is InChI=1S/C13H14N2O2/c1-9-5-3-4-6-11(9)13-14-10(7-12(16)17)8-15(13)2/h3-6,8H,7H2,1-2H3,(H,16,17). The van der Waals surface area contributed by atoms with E-state index in [2.05, 4.69) is 4.98 Å². The number of hydrogen-bond donors (Lipinski definition) is 1. The van der Waals surface area contributed by atoms with E-state index in [1.54, 1.807) is 6.20 Å². The monoisotopic (exact) mass is 230 g/mol. The second kappa shape index (κ2) is 4.41. The summed E-state index contributed by atoms with van der Waals surface area (Å²) in [4.78, 5) is 15.0. The van der Waals surface area contributed by atoms with E-state index in [0.717, 1.165) is 17.0 Å². The molecular formula is C13H14N2O2. The van der Waals surface area contributed by atoms with Crippen LogP contribution < -0.4 is 0 Å². The number of rotatable bonds is 3. The lowest BCUT2D eigenvalue weighted by Gasteiger charge is -2.04. The van der Waals surface area contributed by atoms with Crippen molar-refractivity contribution < 1.29 is 9.90 Å². The molecule has 0 spiro atoms. The van der Waals surface area contributed by atoms with E-state index < -0.39 is 5.97 Å². The van der Waals surface area contributed by atoms with Gasteiger partial charge in [0.2, 0.25) is 0 Å². The highest BCUT2D eigenvalue weighted by Gasteiger charge is 2.11. The number of carboxylic acid groups (broad SMARTS) is 1. The largest absolute Gasteiger partial charge is 0.481 e. The van der Waals surface area contributed by atoms with Crippen LogP contribution >= 0.6 is 0 Å². The number of hydrogen-bond acceptors (Lipinski definition) is 2. The van der Waals surface area contributed by atoms with Crippen molar-refractivity contribution in [2.75, 3.05) is 0 Å². The Kier molecular flexibility index (Phi) is 2.95. The number of carboxylic acids is 1. The molecule has 0 unspecified atom stereocenters. The van der Waals surface area contributed by atoms with Crippen LogP contribution in [0.15, 0.2) is 30.5 Å². The highest BCUT2D eigenvalue weighted by Crippen LogP contribution is 2.21. The van der Waals surface area contributed by atoms with Gasteiger partial charge < -0.3 is 9.67 Å². The molecular weight excluding hydrogens is 216 g/mol. The highest BCUT2D eigenvalue weighted by molar-refractivity contribution is 5.70. The molecule has 1 aromatic carbocycles. The van der Waals surface area contributed by atoms with Gasteiger partial charge in [0.25, 0.3) is 0 Å². The van der Waals surface area contributed by atoms with E-state index in [4.69, 9.17) is 5.11 Å². The normalized spacial score (nSPS) is 10.5. The lowest BCUT2D eigenvalue weighted by atomic mass is 10.1. The lowest BCUT2D eigenvalue weighted by molar-refractivity contribution is -0.136. The highest BCUT2D eigenvalue weighted by atomic mass is 16.4. The second-order valence-electron chi connectivity index (χ2n) is 4.05. The summed E-state index contributed by atoms with van der Waals surface area (Å²) >= 11 is 0. The number of nitrogens with zero attached hydrogens (tertiary/aromatic N) is 2. The van der Waals surface area contributed by atoms with Gasteiger partial charge in [-0.25, -0.2) is 4.98 Å². The molecule has 0 bridgehead atoms. The Balaban J connectivity index is 2.43. The number of aryl methyl sites for hydroxylation is 2. The maximum Gasteiger partial charge on any atom is 0.309 e. The molecule has 0 amide bonds. The molecule has 4 nitrogen and oxygen atoms in total. The van der Waals surface area contributed by atoms with Gasteiger partial charge in [-0.1, -0.05) is 24.3 Å². The Morgan fingerprint density at radius 3 is 2.76 bits per heavy atom. The third-order valence-corrected chi connectivity index (χ3v) is 2.64. The molecule has 2 aromatic rings. The average molecular weight is 230 g/mol. The summed E-state index contributed by atoms with van der Waals surface area (Å²) in [5.74, 6) is -0.0567. The van der Waals surface area contributed by atoms with Crippen molar-refractivity contribution in [2.45, 2.75) is 13.3 Å². The quantitative estimate of drug-likeness (QED) is 0.877. The van der Waals surface area contributed by atoms with E-state index in [0.29, 0.717) is 5.69 Å². The van der Waals surface area contributed by atoms with Crippen LogP contribution in [0.5, 0.6) is 0 Å². The van der Waals surface area contributed by atoms with Crippen LogP contribution in [-0.2, 0) is 18.3 Å². The molecule has 0 aliphatic carbocycles. The summed E-state index contributed by atoms with van der Waals surface area (Å²) < 4.78 is 1.86. The zero-order valence-corrected chi connectivity index (χ0v) is 9.84. The van der Waals surface area contributed by atoms with E-state index in [9.17, 15) is 4.79 Å². The minimum absolute atomic E-state index is 0.0419. The number of aromatic nitrogens is 2. The molecule has 0 fully saturated rings. The average Bonchev–Trinajstić information content (AvgIpc) is 2.59. The first-order chi connectivity index (χ1) is 8.08. The maximum atomic E-state index is 10.6. The zero-order chi connectivity index (χ0) is 12.4. The smallest absolute Gasteiger partial charge is 0.309 e. The van der Waals surface area contributed by atoms with Gasteiger partial charge in [0, 0.05) is 18.8 Å². The summed E-state index contributed by atoms with van der Waals surface area (Å²) in [7, 11) is 1.88. The van der Waals surface area contributed by atoms with E-state index in [1.165, 1.54) is 0 Å². The molecule has 1 aromatic heterocycles.